The monoisotopic (exact) mass is 527 g/mol. The zero-order chi connectivity index (χ0) is 26.0. The largest absolute Gasteiger partial charge is 0.378 e. The van der Waals surface area contributed by atoms with Crippen LogP contribution in [0.25, 0.3) is 0 Å². The van der Waals surface area contributed by atoms with Crippen molar-refractivity contribution >= 4 is 51.0 Å². The number of nitro benzene ring substituents is 1. The van der Waals surface area contributed by atoms with Crippen molar-refractivity contribution in [3.05, 3.63) is 49.9 Å². The Morgan fingerprint density at radius 2 is 2.06 bits per heavy atom. The van der Waals surface area contributed by atoms with Gasteiger partial charge < -0.3 is 15.0 Å². The van der Waals surface area contributed by atoms with Crippen LogP contribution in [0.15, 0.2) is 18.2 Å². The lowest BCUT2D eigenvalue weighted by molar-refractivity contribution is -0.384. The van der Waals surface area contributed by atoms with E-state index in [4.69, 9.17) is 17.0 Å². The first-order valence-electron chi connectivity index (χ1n) is 11.9. The van der Waals surface area contributed by atoms with Crippen LogP contribution in [-0.2, 0) is 17.6 Å². The van der Waals surface area contributed by atoms with Crippen LogP contribution >= 0.6 is 23.6 Å². The van der Waals surface area contributed by atoms with E-state index in [9.17, 15) is 20.2 Å². The average molecular weight is 528 g/mol. The van der Waals surface area contributed by atoms with Gasteiger partial charge in [0.1, 0.15) is 16.8 Å². The van der Waals surface area contributed by atoms with Gasteiger partial charge in [0, 0.05) is 29.6 Å². The Hall–Kier alpha value is -3.07. The Labute approximate surface area is 219 Å². The molecule has 0 spiro atoms. The number of benzene rings is 1. The lowest BCUT2D eigenvalue weighted by Gasteiger charge is -2.33. The molecule has 1 amide bonds. The maximum absolute atomic E-state index is 12.9. The second-order valence-electron chi connectivity index (χ2n) is 10.1. The number of nitriles is 1. The van der Waals surface area contributed by atoms with Crippen LogP contribution in [0.4, 0.5) is 16.4 Å². The molecule has 2 aromatic rings. The number of morpholine rings is 1. The summed E-state index contributed by atoms with van der Waals surface area (Å²) in [5.74, 6) is -0.0253. The van der Waals surface area contributed by atoms with Gasteiger partial charge in [-0.15, -0.1) is 11.3 Å². The second-order valence-corrected chi connectivity index (χ2v) is 11.6. The van der Waals surface area contributed by atoms with E-state index < -0.39 is 10.8 Å². The van der Waals surface area contributed by atoms with Gasteiger partial charge in [0.25, 0.3) is 11.6 Å². The van der Waals surface area contributed by atoms with E-state index in [0.29, 0.717) is 48.5 Å². The molecule has 11 heteroatoms. The summed E-state index contributed by atoms with van der Waals surface area (Å²) in [7, 11) is 0. The molecule has 0 unspecified atom stereocenters. The molecule has 190 valence electrons. The fraction of sp³-hybridized carbons (Fsp3) is 0.480. The van der Waals surface area contributed by atoms with Crippen molar-refractivity contribution in [2.45, 2.75) is 40.0 Å². The molecule has 1 aliphatic carbocycles. The highest BCUT2D eigenvalue weighted by Gasteiger charge is 2.32. The van der Waals surface area contributed by atoms with Gasteiger partial charge in [-0.2, -0.15) is 5.26 Å². The molecule has 2 aliphatic rings. The Kier molecular flexibility index (Phi) is 7.59. The molecule has 1 saturated heterocycles. The number of carbonyl (C=O) groups excluding carboxylic acids is 1. The predicted octanol–water partition coefficient (Wildman–Crippen LogP) is 4.64. The summed E-state index contributed by atoms with van der Waals surface area (Å²) in [5, 5.41) is 27.8. The van der Waals surface area contributed by atoms with Crippen molar-refractivity contribution in [1.29, 1.82) is 5.26 Å². The predicted molar refractivity (Wildman–Crippen MR) is 144 cm³/mol. The molecule has 1 aliphatic heterocycles. The number of anilines is 2. The van der Waals surface area contributed by atoms with E-state index in [1.807, 2.05) is 4.90 Å². The quantitative estimate of drug-likeness (QED) is 0.335. The van der Waals surface area contributed by atoms with Crippen molar-refractivity contribution in [1.82, 2.24) is 5.32 Å². The third kappa shape index (κ3) is 5.51. The topological polar surface area (TPSA) is 121 Å². The number of nitrogens with zero attached hydrogens (tertiary/aromatic N) is 3. The van der Waals surface area contributed by atoms with Crippen molar-refractivity contribution in [3.63, 3.8) is 0 Å². The maximum Gasteiger partial charge on any atom is 0.293 e. The van der Waals surface area contributed by atoms with E-state index in [0.717, 1.165) is 24.8 Å². The molecular formula is C25H29N5O4S2. The number of amides is 1. The minimum atomic E-state index is -0.559. The highest BCUT2D eigenvalue weighted by Crippen LogP contribution is 2.44. The van der Waals surface area contributed by atoms with Gasteiger partial charge in [-0.25, -0.2) is 0 Å². The van der Waals surface area contributed by atoms with Crippen molar-refractivity contribution < 1.29 is 14.5 Å². The van der Waals surface area contributed by atoms with E-state index >= 15 is 0 Å². The lowest BCUT2D eigenvalue weighted by atomic mass is 9.72. The first-order chi connectivity index (χ1) is 17.1. The molecule has 1 aromatic carbocycles. The summed E-state index contributed by atoms with van der Waals surface area (Å²) in [6.45, 7) is 8.79. The van der Waals surface area contributed by atoms with E-state index in [2.05, 4.69) is 37.5 Å². The van der Waals surface area contributed by atoms with Crippen LogP contribution in [0.1, 0.15) is 53.6 Å². The summed E-state index contributed by atoms with van der Waals surface area (Å²) >= 11 is 6.86. The Bertz CT molecular complexity index is 1240. The first kappa shape index (κ1) is 26.0. The Morgan fingerprint density at radius 3 is 2.69 bits per heavy atom. The number of ether oxygens (including phenoxy) is 1. The third-order valence-corrected chi connectivity index (χ3v) is 8.22. The smallest absolute Gasteiger partial charge is 0.293 e. The third-order valence-electron chi connectivity index (χ3n) is 6.84. The zero-order valence-electron chi connectivity index (χ0n) is 20.6. The highest BCUT2D eigenvalue weighted by atomic mass is 32.1. The summed E-state index contributed by atoms with van der Waals surface area (Å²) in [4.78, 5) is 27.1. The van der Waals surface area contributed by atoms with Gasteiger partial charge in [0.2, 0.25) is 0 Å². The molecule has 2 N–H and O–H groups in total. The summed E-state index contributed by atoms with van der Waals surface area (Å²) in [5.41, 5.74) is 2.26. The van der Waals surface area contributed by atoms with Crippen molar-refractivity contribution in [3.8, 4) is 6.07 Å². The number of hydrogen-bond donors (Lipinski definition) is 2. The van der Waals surface area contributed by atoms with Crippen LogP contribution in [0.3, 0.4) is 0 Å². The van der Waals surface area contributed by atoms with Crippen LogP contribution < -0.4 is 15.5 Å². The average Bonchev–Trinajstić information content (AvgIpc) is 3.19. The van der Waals surface area contributed by atoms with Gasteiger partial charge in [-0.05, 0) is 60.5 Å². The molecular weight excluding hydrogens is 498 g/mol. The molecule has 36 heavy (non-hydrogen) atoms. The van der Waals surface area contributed by atoms with Gasteiger partial charge in [0.15, 0.2) is 5.11 Å². The fourth-order valence-corrected chi connectivity index (χ4v) is 6.27. The van der Waals surface area contributed by atoms with Gasteiger partial charge in [-0.1, -0.05) is 20.8 Å². The lowest BCUT2D eigenvalue weighted by Crippen LogP contribution is -2.37. The number of rotatable bonds is 4. The molecule has 9 nitrogen and oxygen atoms in total. The van der Waals surface area contributed by atoms with Crippen molar-refractivity contribution in [2.75, 3.05) is 36.5 Å². The maximum atomic E-state index is 12.9. The Morgan fingerprint density at radius 1 is 1.33 bits per heavy atom. The summed E-state index contributed by atoms with van der Waals surface area (Å²) in [6.07, 6.45) is 2.79. The van der Waals surface area contributed by atoms with Crippen LogP contribution in [0, 0.1) is 32.8 Å². The number of thiocarbonyl (C=S) groups is 1. The molecule has 4 rings (SSSR count). The number of fused-ring (bicyclic) bond motifs is 1. The number of carbonyl (C=O) groups is 1. The SMILES string of the molecule is CC(C)(C)[C@@H]1CCc2c(sc(NC(=S)NC(=O)c3ccc(N4CCOCC4)c([N+](=O)[O-])c3)c2C#N)C1. The molecule has 1 aromatic heterocycles. The normalized spacial score (nSPS) is 17.6. The minimum Gasteiger partial charge on any atom is -0.378 e. The van der Waals surface area contributed by atoms with Crippen LogP contribution in [0.5, 0.6) is 0 Å². The number of nitro groups is 1. The standard InChI is InChI=1S/C25H29N5O4S2/c1-25(2,3)16-5-6-17-18(14-26)23(36-21(17)13-16)28-24(35)27-22(31)15-4-7-19(20(12-15)30(32)33)29-8-10-34-11-9-29/h4,7,12,16H,5-6,8-11,13H2,1-3H3,(H2,27,28,31,35)/t16-/m1/s1. The first-order valence-corrected chi connectivity index (χ1v) is 13.1. The fourth-order valence-electron chi connectivity index (χ4n) is 4.72. The van der Waals surface area contributed by atoms with Crippen LogP contribution in [0.2, 0.25) is 0 Å². The summed E-state index contributed by atoms with van der Waals surface area (Å²) in [6, 6.07) is 6.69. The number of thiophene rings is 1. The molecule has 1 atom stereocenters. The van der Waals surface area contributed by atoms with E-state index in [-0.39, 0.29) is 21.8 Å². The number of nitrogens with one attached hydrogen (secondary N) is 2. The molecule has 0 bridgehead atoms. The highest BCUT2D eigenvalue weighted by molar-refractivity contribution is 7.80. The van der Waals surface area contributed by atoms with Crippen LogP contribution in [-0.4, -0.2) is 42.2 Å². The zero-order valence-corrected chi connectivity index (χ0v) is 22.2. The molecule has 2 heterocycles. The summed E-state index contributed by atoms with van der Waals surface area (Å²) < 4.78 is 5.32. The van der Waals surface area contributed by atoms with Crippen molar-refractivity contribution in [2.24, 2.45) is 11.3 Å². The van der Waals surface area contributed by atoms with E-state index in [1.165, 1.54) is 22.3 Å². The van der Waals surface area contributed by atoms with Gasteiger partial charge in [0.05, 0.1) is 23.7 Å². The Balaban J connectivity index is 1.48. The molecule has 0 radical (unpaired) electrons. The second kappa shape index (κ2) is 10.5. The minimum absolute atomic E-state index is 0.0439. The van der Waals surface area contributed by atoms with Gasteiger partial charge in [-0.3, -0.25) is 20.2 Å². The van der Waals surface area contributed by atoms with Gasteiger partial charge >= 0.3 is 0 Å². The number of hydrogen-bond acceptors (Lipinski definition) is 8. The van der Waals surface area contributed by atoms with E-state index in [1.54, 1.807) is 12.1 Å². The molecule has 0 saturated carbocycles. The molecule has 1 fully saturated rings.